The number of nitrogens with zero attached hydrogens (tertiary/aromatic N) is 2. The first-order chi connectivity index (χ1) is 12.1. The molecule has 0 N–H and O–H groups in total. The number of pyridine rings is 1. The highest BCUT2D eigenvalue weighted by Gasteiger charge is 2.21. The van der Waals surface area contributed by atoms with E-state index in [2.05, 4.69) is 11.6 Å². The van der Waals surface area contributed by atoms with Crippen LogP contribution in [0, 0.1) is 10.1 Å². The monoisotopic (exact) mass is 340 g/mol. The Kier molecular flexibility index (Phi) is 4.97. The molecule has 0 spiro atoms. The topological polar surface area (TPSA) is 74.5 Å². The summed E-state index contributed by atoms with van der Waals surface area (Å²) in [7, 11) is 1.59. The van der Waals surface area contributed by atoms with Crippen molar-refractivity contribution in [2.45, 2.75) is 31.8 Å². The molecule has 0 saturated heterocycles. The summed E-state index contributed by atoms with van der Waals surface area (Å²) in [6.45, 7) is 4.00. The van der Waals surface area contributed by atoms with Crippen LogP contribution in [0.5, 0.6) is 11.5 Å². The Hall–Kier alpha value is -2.89. The van der Waals surface area contributed by atoms with Gasteiger partial charge in [-0.3, -0.25) is 10.1 Å². The Morgan fingerprint density at radius 1 is 1.28 bits per heavy atom. The van der Waals surface area contributed by atoms with Crippen molar-refractivity contribution in [1.29, 1.82) is 0 Å². The molecule has 0 radical (unpaired) electrons. The molecule has 1 fully saturated rings. The number of methoxy groups -OCH3 is 1. The van der Waals surface area contributed by atoms with Gasteiger partial charge < -0.3 is 9.47 Å². The number of hydrogen-bond acceptors (Lipinski definition) is 5. The van der Waals surface area contributed by atoms with Gasteiger partial charge >= 0.3 is 0 Å². The first-order valence-electron chi connectivity index (χ1n) is 8.24. The molecule has 0 aliphatic heterocycles. The fraction of sp³-hybridized carbons (Fsp3) is 0.316. The van der Waals surface area contributed by atoms with Crippen molar-refractivity contribution in [1.82, 2.24) is 4.98 Å². The minimum absolute atomic E-state index is 0.0680. The molecule has 6 heteroatoms. The van der Waals surface area contributed by atoms with Crippen molar-refractivity contribution >= 4 is 11.3 Å². The van der Waals surface area contributed by atoms with Crippen LogP contribution in [0.4, 0.5) is 5.69 Å². The Bertz CT molecular complexity index is 798. The Morgan fingerprint density at radius 3 is 2.72 bits per heavy atom. The summed E-state index contributed by atoms with van der Waals surface area (Å²) in [5, 5.41) is 11.2. The second-order valence-electron chi connectivity index (χ2n) is 6.00. The average Bonchev–Trinajstić information content (AvgIpc) is 3.14. The molecule has 1 aromatic carbocycles. The lowest BCUT2D eigenvalue weighted by molar-refractivity contribution is -0.385. The molecule has 1 saturated carbocycles. The molecule has 1 aromatic heterocycles. The van der Waals surface area contributed by atoms with Gasteiger partial charge in [0, 0.05) is 17.8 Å². The van der Waals surface area contributed by atoms with Gasteiger partial charge in [0.2, 0.25) is 0 Å². The van der Waals surface area contributed by atoms with E-state index in [1.54, 1.807) is 19.2 Å². The van der Waals surface area contributed by atoms with E-state index in [1.165, 1.54) is 31.2 Å². The fourth-order valence-electron chi connectivity index (χ4n) is 3.06. The van der Waals surface area contributed by atoms with Crippen molar-refractivity contribution in [3.8, 4) is 11.5 Å². The molecule has 6 nitrogen and oxygen atoms in total. The van der Waals surface area contributed by atoms with Crippen molar-refractivity contribution in [2.75, 3.05) is 7.11 Å². The molecule has 0 atom stereocenters. The van der Waals surface area contributed by atoms with E-state index in [0.717, 1.165) is 18.4 Å². The van der Waals surface area contributed by atoms with E-state index >= 15 is 0 Å². The van der Waals surface area contributed by atoms with E-state index in [9.17, 15) is 10.1 Å². The van der Waals surface area contributed by atoms with Gasteiger partial charge in [-0.25, -0.2) is 4.98 Å². The van der Waals surface area contributed by atoms with Crippen LogP contribution in [0.25, 0.3) is 5.57 Å². The highest BCUT2D eigenvalue weighted by atomic mass is 16.6. The molecular weight excluding hydrogens is 320 g/mol. The van der Waals surface area contributed by atoms with Gasteiger partial charge in [-0.15, -0.1) is 0 Å². The maximum Gasteiger partial charge on any atom is 0.295 e. The predicted molar refractivity (Wildman–Crippen MR) is 94.9 cm³/mol. The minimum atomic E-state index is -0.451. The van der Waals surface area contributed by atoms with Crippen LogP contribution in [-0.4, -0.2) is 23.1 Å². The molecule has 1 heterocycles. The normalized spacial score (nSPS) is 14.3. The van der Waals surface area contributed by atoms with Gasteiger partial charge in [0.1, 0.15) is 5.69 Å². The predicted octanol–water partition coefficient (Wildman–Crippen LogP) is 4.38. The lowest BCUT2D eigenvalue weighted by atomic mass is 10.0. The van der Waals surface area contributed by atoms with Gasteiger partial charge in [0.15, 0.2) is 11.5 Å². The SMILES string of the molecule is C=C(c1ccc(OC)c(OC2CCCC2)c1)c1ncccc1[N+](=O)[O-]. The third-order valence-corrected chi connectivity index (χ3v) is 4.38. The van der Waals surface area contributed by atoms with Crippen LogP contribution >= 0.6 is 0 Å². The van der Waals surface area contributed by atoms with E-state index < -0.39 is 4.92 Å². The summed E-state index contributed by atoms with van der Waals surface area (Å²) in [6, 6.07) is 8.38. The molecule has 130 valence electrons. The lowest BCUT2D eigenvalue weighted by Crippen LogP contribution is -2.11. The smallest absolute Gasteiger partial charge is 0.295 e. The first-order valence-corrected chi connectivity index (χ1v) is 8.24. The van der Waals surface area contributed by atoms with Crippen LogP contribution in [0.3, 0.4) is 0 Å². The summed E-state index contributed by atoms with van der Waals surface area (Å²) in [5.41, 5.74) is 1.38. The summed E-state index contributed by atoms with van der Waals surface area (Å²) >= 11 is 0. The van der Waals surface area contributed by atoms with Gasteiger partial charge in [-0.1, -0.05) is 12.6 Å². The quantitative estimate of drug-likeness (QED) is 0.576. The van der Waals surface area contributed by atoms with Crippen LogP contribution in [0.15, 0.2) is 43.1 Å². The highest BCUT2D eigenvalue weighted by molar-refractivity contribution is 5.81. The minimum Gasteiger partial charge on any atom is -0.493 e. The first kappa shape index (κ1) is 17.0. The molecule has 0 bridgehead atoms. The lowest BCUT2D eigenvalue weighted by Gasteiger charge is -2.17. The number of aromatic nitrogens is 1. The van der Waals surface area contributed by atoms with E-state index in [0.29, 0.717) is 17.1 Å². The number of hydrogen-bond donors (Lipinski definition) is 0. The van der Waals surface area contributed by atoms with Gasteiger partial charge in [0.05, 0.1) is 18.1 Å². The number of rotatable bonds is 6. The van der Waals surface area contributed by atoms with Gasteiger partial charge in [-0.05, 0) is 49.4 Å². The Morgan fingerprint density at radius 2 is 2.04 bits per heavy atom. The standard InChI is InChI=1S/C19H20N2O4/c1-13(19-16(21(22)23)8-5-11-20-19)14-9-10-17(24-2)18(12-14)25-15-6-3-4-7-15/h5,8-12,15H,1,3-4,6-7H2,2H3. The molecule has 0 amide bonds. The fourth-order valence-corrected chi connectivity index (χ4v) is 3.06. The zero-order chi connectivity index (χ0) is 17.8. The van der Waals surface area contributed by atoms with E-state index in [-0.39, 0.29) is 17.5 Å². The largest absolute Gasteiger partial charge is 0.493 e. The number of nitro groups is 1. The molecular formula is C19H20N2O4. The van der Waals surface area contributed by atoms with Gasteiger partial charge in [0.25, 0.3) is 5.69 Å². The maximum absolute atomic E-state index is 11.2. The molecule has 3 rings (SSSR count). The van der Waals surface area contributed by atoms with Crippen molar-refractivity contribution in [3.63, 3.8) is 0 Å². The van der Waals surface area contributed by atoms with Crippen molar-refractivity contribution < 1.29 is 14.4 Å². The summed E-state index contributed by atoms with van der Waals surface area (Å²) < 4.78 is 11.5. The van der Waals surface area contributed by atoms with Crippen LogP contribution < -0.4 is 9.47 Å². The zero-order valence-corrected chi connectivity index (χ0v) is 14.1. The highest BCUT2D eigenvalue weighted by Crippen LogP contribution is 2.36. The molecule has 25 heavy (non-hydrogen) atoms. The number of ether oxygens (including phenoxy) is 2. The van der Waals surface area contributed by atoms with E-state index in [1.807, 2.05) is 6.07 Å². The molecule has 1 aliphatic carbocycles. The Labute approximate surface area is 146 Å². The zero-order valence-electron chi connectivity index (χ0n) is 14.1. The second kappa shape index (κ2) is 7.34. The summed E-state index contributed by atoms with van der Waals surface area (Å²) in [4.78, 5) is 14.9. The average molecular weight is 340 g/mol. The summed E-state index contributed by atoms with van der Waals surface area (Å²) in [6.07, 6.45) is 6.09. The third-order valence-electron chi connectivity index (χ3n) is 4.38. The van der Waals surface area contributed by atoms with E-state index in [4.69, 9.17) is 9.47 Å². The van der Waals surface area contributed by atoms with Crippen molar-refractivity contribution in [3.05, 3.63) is 64.5 Å². The van der Waals surface area contributed by atoms with Crippen LogP contribution in [0.1, 0.15) is 36.9 Å². The van der Waals surface area contributed by atoms with Crippen molar-refractivity contribution in [2.24, 2.45) is 0 Å². The van der Waals surface area contributed by atoms with Crippen LogP contribution in [-0.2, 0) is 0 Å². The third kappa shape index (κ3) is 3.63. The second-order valence-corrected chi connectivity index (χ2v) is 6.00. The molecule has 2 aromatic rings. The molecule has 0 unspecified atom stereocenters. The van der Waals surface area contributed by atoms with Gasteiger partial charge in [-0.2, -0.15) is 0 Å². The number of benzene rings is 1. The van der Waals surface area contributed by atoms with Crippen LogP contribution in [0.2, 0.25) is 0 Å². The maximum atomic E-state index is 11.2. The molecule has 1 aliphatic rings. The Balaban J connectivity index is 1.94. The summed E-state index contributed by atoms with van der Waals surface area (Å²) in [5.74, 6) is 1.27.